The zero-order valence-corrected chi connectivity index (χ0v) is 20.1. The molecule has 0 bridgehead atoms. The van der Waals surface area contributed by atoms with E-state index in [1.165, 1.54) is 12.1 Å². The summed E-state index contributed by atoms with van der Waals surface area (Å²) < 4.78 is 25.4. The molecule has 0 aliphatic carbocycles. The lowest BCUT2D eigenvalue weighted by molar-refractivity contribution is 0.340. The van der Waals surface area contributed by atoms with Crippen LogP contribution >= 0.6 is 12.2 Å². The van der Waals surface area contributed by atoms with E-state index in [1.807, 2.05) is 68.4 Å². The Kier molecular flexibility index (Phi) is 6.29. The predicted molar refractivity (Wildman–Crippen MR) is 137 cm³/mol. The lowest BCUT2D eigenvalue weighted by atomic mass is 9.94. The van der Waals surface area contributed by atoms with Crippen LogP contribution in [0.3, 0.4) is 0 Å². The summed E-state index contributed by atoms with van der Waals surface area (Å²) in [4.78, 5) is 6.49. The molecule has 0 saturated carbocycles. The average molecular weight is 487 g/mol. The molecule has 4 aromatic rings. The van der Waals surface area contributed by atoms with Gasteiger partial charge in [-0.2, -0.15) is 4.98 Å². The van der Waals surface area contributed by atoms with Crippen LogP contribution in [-0.4, -0.2) is 21.9 Å². The molecule has 6 nitrogen and oxygen atoms in total. The third kappa shape index (κ3) is 4.52. The Morgan fingerprint density at radius 3 is 2.54 bits per heavy atom. The van der Waals surface area contributed by atoms with Crippen LogP contribution in [0.4, 0.5) is 10.1 Å². The molecule has 0 radical (unpaired) electrons. The maximum Gasteiger partial charge on any atom is 0.258 e. The molecule has 1 aliphatic heterocycles. The van der Waals surface area contributed by atoms with E-state index in [0.29, 0.717) is 29.1 Å². The molecular formula is C27H23FN4O2S. The summed E-state index contributed by atoms with van der Waals surface area (Å²) in [6.45, 7) is 4.45. The number of hydrogen-bond donors (Lipinski definition) is 1. The van der Waals surface area contributed by atoms with Crippen molar-refractivity contribution in [1.82, 2.24) is 15.5 Å². The first kappa shape index (κ1) is 22.7. The fourth-order valence-corrected chi connectivity index (χ4v) is 4.52. The van der Waals surface area contributed by atoms with Crippen LogP contribution in [0.15, 0.2) is 89.1 Å². The van der Waals surface area contributed by atoms with Crippen LogP contribution in [0.5, 0.6) is 5.75 Å². The Bertz CT molecular complexity index is 1390. The van der Waals surface area contributed by atoms with Crippen molar-refractivity contribution in [2.24, 2.45) is 0 Å². The van der Waals surface area contributed by atoms with E-state index < -0.39 is 0 Å². The average Bonchev–Trinajstić information content (AvgIpc) is 3.35. The third-order valence-corrected chi connectivity index (χ3v) is 6.06. The monoisotopic (exact) mass is 486 g/mol. The fourth-order valence-electron chi connectivity index (χ4n) is 4.16. The van der Waals surface area contributed by atoms with E-state index in [0.717, 1.165) is 28.1 Å². The van der Waals surface area contributed by atoms with Crippen LogP contribution < -0.4 is 15.0 Å². The standard InChI is InChI=1S/C27H23FN4O2S/c1-3-33-22-14-12-18(13-15-22)24-23(26-30-25(31-34-26)19-8-5-4-6-9-19)17(2)32(27(35)29-24)21-11-7-10-20(28)16-21/h4-16,24H,3H2,1-2H3,(H,29,35). The first-order valence-corrected chi connectivity index (χ1v) is 11.6. The second-order valence-electron chi connectivity index (χ2n) is 7.99. The Morgan fingerprint density at radius 1 is 1.06 bits per heavy atom. The minimum absolute atomic E-state index is 0.350. The molecule has 176 valence electrons. The number of halogens is 1. The second-order valence-corrected chi connectivity index (χ2v) is 8.37. The topological polar surface area (TPSA) is 63.4 Å². The number of rotatable bonds is 6. The summed E-state index contributed by atoms with van der Waals surface area (Å²) in [5, 5.41) is 8.05. The van der Waals surface area contributed by atoms with Crippen molar-refractivity contribution in [2.75, 3.05) is 11.5 Å². The maximum absolute atomic E-state index is 14.1. The van der Waals surface area contributed by atoms with Gasteiger partial charge in [0, 0.05) is 11.3 Å². The van der Waals surface area contributed by atoms with Crippen molar-refractivity contribution in [2.45, 2.75) is 19.9 Å². The maximum atomic E-state index is 14.1. The summed E-state index contributed by atoms with van der Waals surface area (Å²) in [7, 11) is 0. The van der Waals surface area contributed by atoms with Gasteiger partial charge < -0.3 is 14.6 Å². The van der Waals surface area contributed by atoms with E-state index >= 15 is 0 Å². The minimum atomic E-state index is -0.355. The van der Waals surface area contributed by atoms with Gasteiger partial charge in [-0.05, 0) is 62.0 Å². The Balaban J connectivity index is 1.63. The van der Waals surface area contributed by atoms with Crippen molar-refractivity contribution in [1.29, 1.82) is 0 Å². The molecule has 0 saturated heterocycles. The number of nitrogens with zero attached hydrogens (tertiary/aromatic N) is 3. The Morgan fingerprint density at radius 2 is 1.83 bits per heavy atom. The van der Waals surface area contributed by atoms with Gasteiger partial charge in [0.2, 0.25) is 5.82 Å². The molecule has 2 heterocycles. The SMILES string of the molecule is CCOc1ccc(C2NC(=S)N(c3cccc(F)c3)C(C)=C2c2nc(-c3ccccc3)no2)cc1. The van der Waals surface area contributed by atoms with Gasteiger partial charge in [0.25, 0.3) is 5.89 Å². The van der Waals surface area contributed by atoms with E-state index in [4.69, 9.17) is 26.5 Å². The fraction of sp³-hybridized carbons (Fsp3) is 0.148. The minimum Gasteiger partial charge on any atom is -0.494 e. The molecule has 5 rings (SSSR count). The van der Waals surface area contributed by atoms with E-state index in [9.17, 15) is 4.39 Å². The summed E-state index contributed by atoms with van der Waals surface area (Å²) in [6, 6.07) is 23.3. The summed E-state index contributed by atoms with van der Waals surface area (Å²) in [6.07, 6.45) is 0. The Labute approximate surface area is 208 Å². The molecule has 0 amide bonds. The van der Waals surface area contributed by atoms with Crippen molar-refractivity contribution in [3.63, 3.8) is 0 Å². The first-order valence-electron chi connectivity index (χ1n) is 11.2. The van der Waals surface area contributed by atoms with Gasteiger partial charge in [-0.1, -0.05) is 53.7 Å². The third-order valence-electron chi connectivity index (χ3n) is 5.76. The number of allylic oxidation sites excluding steroid dienone is 1. The zero-order chi connectivity index (χ0) is 24.4. The summed E-state index contributed by atoms with van der Waals surface area (Å²) in [5.41, 5.74) is 3.91. The number of thiocarbonyl (C=S) groups is 1. The number of benzene rings is 3. The molecule has 1 aromatic heterocycles. The highest BCUT2D eigenvalue weighted by Gasteiger charge is 2.35. The molecule has 0 fully saturated rings. The molecular weight excluding hydrogens is 463 g/mol. The van der Waals surface area contributed by atoms with Crippen molar-refractivity contribution in [3.05, 3.63) is 102 Å². The highest BCUT2D eigenvalue weighted by Crippen LogP contribution is 2.39. The van der Waals surface area contributed by atoms with Gasteiger partial charge in [-0.25, -0.2) is 4.39 Å². The number of anilines is 1. The largest absolute Gasteiger partial charge is 0.494 e. The molecule has 8 heteroatoms. The quantitative estimate of drug-likeness (QED) is 0.328. The van der Waals surface area contributed by atoms with Gasteiger partial charge in [-0.3, -0.25) is 4.90 Å². The molecule has 1 unspecified atom stereocenters. The van der Waals surface area contributed by atoms with Crippen LogP contribution in [0, 0.1) is 5.82 Å². The zero-order valence-electron chi connectivity index (χ0n) is 19.2. The van der Waals surface area contributed by atoms with Gasteiger partial charge >= 0.3 is 0 Å². The smallest absolute Gasteiger partial charge is 0.258 e. The highest BCUT2D eigenvalue weighted by molar-refractivity contribution is 7.80. The van der Waals surface area contributed by atoms with Gasteiger partial charge in [0.05, 0.1) is 23.9 Å². The van der Waals surface area contributed by atoms with Crippen molar-refractivity contribution >= 4 is 28.6 Å². The van der Waals surface area contributed by atoms with Crippen LogP contribution in [0.1, 0.15) is 31.3 Å². The number of hydrogen-bond acceptors (Lipinski definition) is 5. The normalized spacial score (nSPS) is 15.8. The molecule has 1 aliphatic rings. The lowest BCUT2D eigenvalue weighted by Gasteiger charge is -2.37. The lowest BCUT2D eigenvalue weighted by Crippen LogP contribution is -2.46. The number of nitrogens with one attached hydrogen (secondary N) is 1. The van der Waals surface area contributed by atoms with E-state index in [1.54, 1.807) is 17.0 Å². The highest BCUT2D eigenvalue weighted by atomic mass is 32.1. The molecule has 35 heavy (non-hydrogen) atoms. The van der Waals surface area contributed by atoms with E-state index in [-0.39, 0.29) is 11.9 Å². The van der Waals surface area contributed by atoms with Crippen LogP contribution in [0.2, 0.25) is 0 Å². The van der Waals surface area contributed by atoms with Crippen molar-refractivity contribution in [3.8, 4) is 17.1 Å². The molecule has 0 spiro atoms. The van der Waals surface area contributed by atoms with Crippen molar-refractivity contribution < 1.29 is 13.7 Å². The van der Waals surface area contributed by atoms with Gasteiger partial charge in [0.1, 0.15) is 11.6 Å². The predicted octanol–water partition coefficient (Wildman–Crippen LogP) is 6.14. The second kappa shape index (κ2) is 9.68. The summed E-state index contributed by atoms with van der Waals surface area (Å²) in [5.74, 6) is 1.27. The van der Waals surface area contributed by atoms with E-state index in [2.05, 4.69) is 10.5 Å². The molecule has 1 atom stereocenters. The Hall–Kier alpha value is -4.04. The van der Waals surface area contributed by atoms with Gasteiger partial charge in [-0.15, -0.1) is 0 Å². The number of aromatic nitrogens is 2. The van der Waals surface area contributed by atoms with Gasteiger partial charge in [0.15, 0.2) is 5.11 Å². The molecule has 1 N–H and O–H groups in total. The first-order chi connectivity index (χ1) is 17.0. The van der Waals surface area contributed by atoms with Crippen LogP contribution in [0.25, 0.3) is 17.0 Å². The van der Waals surface area contributed by atoms with Crippen LogP contribution in [-0.2, 0) is 0 Å². The number of ether oxygens (including phenoxy) is 1. The summed E-state index contributed by atoms with van der Waals surface area (Å²) >= 11 is 5.73. The molecule has 3 aromatic carbocycles.